The Kier molecular flexibility index (Phi) is 60.3. The van der Waals surface area contributed by atoms with Gasteiger partial charge in [-0.25, -0.2) is 9.13 Å². The van der Waals surface area contributed by atoms with Crippen molar-refractivity contribution < 1.29 is 80.2 Å². The smallest absolute Gasteiger partial charge is 0.462 e. The maximum Gasteiger partial charge on any atom is 0.472 e. The largest absolute Gasteiger partial charge is 0.472 e. The van der Waals surface area contributed by atoms with Crippen LogP contribution in [0.4, 0.5) is 0 Å². The summed E-state index contributed by atoms with van der Waals surface area (Å²) in [5, 5.41) is 10.6. The minimum absolute atomic E-state index is 0.102. The van der Waals surface area contributed by atoms with Crippen LogP contribution in [0.3, 0.4) is 0 Å². The van der Waals surface area contributed by atoms with Crippen LogP contribution in [-0.4, -0.2) is 96.7 Å². The number of phosphoric ester groups is 2. The molecule has 0 aromatic heterocycles. The van der Waals surface area contributed by atoms with Crippen LogP contribution < -0.4 is 0 Å². The molecule has 19 heteroatoms. The third-order valence-electron chi connectivity index (χ3n) is 16.6. The van der Waals surface area contributed by atoms with Gasteiger partial charge in [0.05, 0.1) is 26.4 Å². The second-order valence-electron chi connectivity index (χ2n) is 27.9. The Morgan fingerprint density at radius 3 is 0.681 bits per heavy atom. The molecule has 0 rings (SSSR count). The van der Waals surface area contributed by atoms with E-state index in [2.05, 4.69) is 55.4 Å². The molecule has 0 fully saturated rings. The molecule has 540 valence electrons. The van der Waals surface area contributed by atoms with Crippen molar-refractivity contribution in [1.29, 1.82) is 0 Å². The molecule has 17 nitrogen and oxygen atoms in total. The fourth-order valence-electron chi connectivity index (χ4n) is 10.8. The molecule has 2 unspecified atom stereocenters. The molecule has 0 aromatic carbocycles. The number of carbonyl (C=O) groups excluding carboxylic acids is 4. The predicted octanol–water partition coefficient (Wildman–Crippen LogP) is 20.5. The fourth-order valence-corrected chi connectivity index (χ4v) is 12.4. The van der Waals surface area contributed by atoms with Gasteiger partial charge in [0.2, 0.25) is 0 Å². The molecule has 0 aliphatic heterocycles. The number of esters is 4. The van der Waals surface area contributed by atoms with Crippen LogP contribution >= 0.6 is 15.6 Å². The van der Waals surface area contributed by atoms with Gasteiger partial charge in [-0.1, -0.05) is 306 Å². The third kappa shape index (κ3) is 66.5. The van der Waals surface area contributed by atoms with E-state index in [0.717, 1.165) is 108 Å². The second kappa shape index (κ2) is 61.6. The van der Waals surface area contributed by atoms with Crippen molar-refractivity contribution in [1.82, 2.24) is 0 Å². The summed E-state index contributed by atoms with van der Waals surface area (Å²) < 4.78 is 68.3. The Balaban J connectivity index is 5.22. The highest BCUT2D eigenvalue weighted by atomic mass is 31.2. The van der Waals surface area contributed by atoms with Crippen molar-refractivity contribution in [2.75, 3.05) is 39.6 Å². The number of hydrogen-bond acceptors (Lipinski definition) is 15. The van der Waals surface area contributed by atoms with Crippen LogP contribution in [0.25, 0.3) is 0 Å². The first kappa shape index (κ1) is 89.1. The number of unbranched alkanes of at least 4 members (excludes halogenated alkanes) is 35. The van der Waals surface area contributed by atoms with Crippen LogP contribution in [0.2, 0.25) is 0 Å². The molecule has 0 bridgehead atoms. The Hall–Kier alpha value is -1.94. The molecule has 0 radical (unpaired) electrons. The molecule has 0 saturated carbocycles. The van der Waals surface area contributed by atoms with E-state index in [9.17, 15) is 43.2 Å². The quantitative estimate of drug-likeness (QED) is 0.0222. The number of carbonyl (C=O) groups is 4. The first-order valence-corrected chi connectivity index (χ1v) is 40.2. The van der Waals surface area contributed by atoms with Gasteiger partial charge < -0.3 is 33.8 Å². The maximum absolute atomic E-state index is 13.0. The Morgan fingerprint density at radius 2 is 0.462 bits per heavy atom. The zero-order chi connectivity index (χ0) is 67.5. The van der Waals surface area contributed by atoms with Gasteiger partial charge in [-0.05, 0) is 49.4 Å². The molecule has 0 amide bonds. The summed E-state index contributed by atoms with van der Waals surface area (Å²) in [5.41, 5.74) is 0. The van der Waals surface area contributed by atoms with Crippen LogP contribution in [0.5, 0.6) is 0 Å². The van der Waals surface area contributed by atoms with E-state index in [1.54, 1.807) is 0 Å². The standard InChI is InChI=1S/C72H140O17P2/c1-62(2)48-40-32-24-19-15-11-9-10-12-17-21-27-36-44-52-69(74)82-58-67(88-71(76)54-46-38-28-22-18-14-13-16-20-25-33-41-49-63(3)4)60-86-90(78,79)84-56-66(73)57-85-91(80,81)87-61-68(59-83-70(75)53-45-37-31-30-35-43-51-65(7)8)89-72(77)55-47-39-29-23-26-34-42-50-64(5)6/h62-68,73H,9-61H2,1-8H3,(H,78,79)(H,80,81)/t66-,67-,68-/m1/s1. The van der Waals surface area contributed by atoms with Crippen LogP contribution in [0.1, 0.15) is 357 Å². The number of aliphatic hydroxyl groups excluding tert-OH is 1. The Morgan fingerprint density at radius 1 is 0.275 bits per heavy atom. The Labute approximate surface area is 556 Å². The summed E-state index contributed by atoms with van der Waals surface area (Å²) >= 11 is 0. The molecule has 0 heterocycles. The third-order valence-corrected chi connectivity index (χ3v) is 18.5. The van der Waals surface area contributed by atoms with E-state index in [-0.39, 0.29) is 25.7 Å². The molecule has 0 aliphatic rings. The number of phosphoric acid groups is 2. The van der Waals surface area contributed by atoms with E-state index in [1.807, 2.05) is 0 Å². The molecule has 0 aromatic rings. The average molecular weight is 1340 g/mol. The zero-order valence-electron chi connectivity index (χ0n) is 59.5. The second-order valence-corrected chi connectivity index (χ2v) is 30.8. The van der Waals surface area contributed by atoms with Gasteiger partial charge in [-0.2, -0.15) is 0 Å². The van der Waals surface area contributed by atoms with E-state index in [4.69, 9.17) is 37.0 Å². The first-order valence-electron chi connectivity index (χ1n) is 37.2. The predicted molar refractivity (Wildman–Crippen MR) is 367 cm³/mol. The molecular weight excluding hydrogens is 1200 g/mol. The summed E-state index contributed by atoms with van der Waals surface area (Å²) in [5.74, 6) is 0.821. The van der Waals surface area contributed by atoms with Gasteiger partial charge in [-0.3, -0.25) is 37.3 Å². The topological polar surface area (TPSA) is 237 Å². The summed E-state index contributed by atoms with van der Waals surface area (Å²) in [6.45, 7) is 14.1. The van der Waals surface area contributed by atoms with E-state index < -0.39 is 97.5 Å². The maximum atomic E-state index is 13.0. The molecule has 0 aliphatic carbocycles. The van der Waals surface area contributed by atoms with E-state index >= 15 is 0 Å². The van der Waals surface area contributed by atoms with Crippen molar-refractivity contribution in [3.63, 3.8) is 0 Å². The molecule has 0 spiro atoms. The lowest BCUT2D eigenvalue weighted by atomic mass is 10.0. The average Bonchev–Trinajstić information content (AvgIpc) is 3.63. The number of hydrogen-bond donors (Lipinski definition) is 3. The van der Waals surface area contributed by atoms with Gasteiger partial charge in [0.25, 0.3) is 0 Å². The SMILES string of the molecule is CC(C)CCCCCCCCCCCCCCCCC(=O)OC[C@H](COP(=O)(O)OC[C@@H](O)COP(=O)(O)OC[C@@H](COC(=O)CCCCCCCCC(C)C)OC(=O)CCCCCCCCCC(C)C)OC(=O)CCCCCCCCCCCCCCC(C)C. The highest BCUT2D eigenvalue weighted by molar-refractivity contribution is 7.47. The summed E-state index contributed by atoms with van der Waals surface area (Å²) in [6.07, 6.45) is 44.7. The monoisotopic (exact) mass is 1340 g/mol. The van der Waals surface area contributed by atoms with Gasteiger partial charge in [0.1, 0.15) is 19.3 Å². The van der Waals surface area contributed by atoms with Crippen LogP contribution in [0, 0.1) is 23.7 Å². The van der Waals surface area contributed by atoms with Crippen LogP contribution in [-0.2, 0) is 65.4 Å². The highest BCUT2D eigenvalue weighted by Crippen LogP contribution is 2.45. The summed E-state index contributed by atoms with van der Waals surface area (Å²) in [6, 6.07) is 0. The summed E-state index contributed by atoms with van der Waals surface area (Å²) in [4.78, 5) is 72.6. The molecular formula is C72H140O17P2. The van der Waals surface area contributed by atoms with Crippen molar-refractivity contribution in [2.24, 2.45) is 23.7 Å². The Bertz CT molecular complexity index is 1800. The number of rotatable bonds is 69. The lowest BCUT2D eigenvalue weighted by Gasteiger charge is -2.21. The molecule has 5 atom stereocenters. The number of aliphatic hydroxyl groups is 1. The molecule has 3 N–H and O–H groups in total. The lowest BCUT2D eigenvalue weighted by molar-refractivity contribution is -0.161. The van der Waals surface area contributed by atoms with E-state index in [0.29, 0.717) is 37.5 Å². The first-order chi connectivity index (χ1) is 43.6. The zero-order valence-corrected chi connectivity index (χ0v) is 61.3. The van der Waals surface area contributed by atoms with E-state index in [1.165, 1.54) is 154 Å². The normalized spacial score (nSPS) is 14.2. The molecule has 0 saturated heterocycles. The van der Waals surface area contributed by atoms with Gasteiger partial charge in [0.15, 0.2) is 12.2 Å². The fraction of sp³-hybridized carbons (Fsp3) is 0.944. The van der Waals surface area contributed by atoms with Gasteiger partial charge in [0, 0.05) is 25.7 Å². The molecule has 91 heavy (non-hydrogen) atoms. The highest BCUT2D eigenvalue weighted by Gasteiger charge is 2.30. The van der Waals surface area contributed by atoms with Crippen molar-refractivity contribution >= 4 is 39.5 Å². The summed E-state index contributed by atoms with van der Waals surface area (Å²) in [7, 11) is -9.90. The van der Waals surface area contributed by atoms with Gasteiger partial charge in [-0.15, -0.1) is 0 Å². The van der Waals surface area contributed by atoms with Crippen molar-refractivity contribution in [2.45, 2.75) is 375 Å². The minimum atomic E-state index is -4.95. The lowest BCUT2D eigenvalue weighted by Crippen LogP contribution is -2.30. The van der Waals surface area contributed by atoms with Gasteiger partial charge >= 0.3 is 39.5 Å². The minimum Gasteiger partial charge on any atom is -0.462 e. The number of ether oxygens (including phenoxy) is 4. The van der Waals surface area contributed by atoms with Crippen LogP contribution in [0.15, 0.2) is 0 Å². The van der Waals surface area contributed by atoms with Crippen molar-refractivity contribution in [3.8, 4) is 0 Å². The van der Waals surface area contributed by atoms with Crippen molar-refractivity contribution in [3.05, 3.63) is 0 Å².